The fourth-order valence-electron chi connectivity index (χ4n) is 1.13. The second-order valence-corrected chi connectivity index (χ2v) is 2.82. The van der Waals surface area contributed by atoms with Crippen molar-refractivity contribution < 1.29 is 14.3 Å². The largest absolute Gasteiger partial charge is 0.378 e. The Labute approximate surface area is 82.4 Å². The lowest BCUT2D eigenvalue weighted by Crippen LogP contribution is -2.45. The number of hydrogen-bond acceptors (Lipinski definition) is 3. The minimum absolute atomic E-state index is 0.0387. The van der Waals surface area contributed by atoms with Crippen LogP contribution in [0.1, 0.15) is 0 Å². The molecule has 0 atom stereocenters. The van der Waals surface area contributed by atoms with Crippen LogP contribution in [0.15, 0.2) is 0 Å². The van der Waals surface area contributed by atoms with Crippen molar-refractivity contribution in [2.24, 2.45) is 0 Å². The van der Waals surface area contributed by atoms with Gasteiger partial charge in [-0.3, -0.25) is 9.59 Å². The van der Waals surface area contributed by atoms with Crippen molar-refractivity contribution >= 4 is 11.8 Å². The van der Waals surface area contributed by atoms with Crippen molar-refractivity contribution in [3.63, 3.8) is 0 Å². The number of amides is 2. The van der Waals surface area contributed by atoms with E-state index in [4.69, 9.17) is 11.2 Å². The summed E-state index contributed by atoms with van der Waals surface area (Å²) in [5, 5.41) is 2.32. The second-order valence-electron chi connectivity index (χ2n) is 2.82. The van der Waals surface area contributed by atoms with Gasteiger partial charge < -0.3 is 15.0 Å². The summed E-state index contributed by atoms with van der Waals surface area (Å²) in [5.41, 5.74) is 0. The first kappa shape index (κ1) is 10.5. The molecular formula is C9H12N2O3. The molecule has 1 aliphatic rings. The highest BCUT2D eigenvalue weighted by atomic mass is 16.5. The van der Waals surface area contributed by atoms with Gasteiger partial charge in [-0.25, -0.2) is 0 Å². The van der Waals surface area contributed by atoms with E-state index >= 15 is 0 Å². The highest BCUT2D eigenvalue weighted by Gasteiger charge is 2.16. The average molecular weight is 196 g/mol. The number of carbonyl (C=O) groups is 2. The Bertz CT molecular complexity index is 264. The molecule has 1 fully saturated rings. The van der Waals surface area contributed by atoms with E-state index in [1.807, 2.05) is 5.92 Å². The monoisotopic (exact) mass is 196 g/mol. The smallest absolute Gasteiger partial charge is 0.296 e. The summed E-state index contributed by atoms with van der Waals surface area (Å²) in [6.45, 7) is 2.21. The number of nitrogens with one attached hydrogen (secondary N) is 1. The third kappa shape index (κ3) is 3.07. The number of morpholine rings is 1. The van der Waals surface area contributed by atoms with E-state index in [-0.39, 0.29) is 12.5 Å². The number of carbonyl (C=O) groups excluding carboxylic acids is 2. The molecule has 76 valence electrons. The Morgan fingerprint density at radius 2 is 2.07 bits per heavy atom. The van der Waals surface area contributed by atoms with Crippen LogP contribution in [0.25, 0.3) is 0 Å². The first-order valence-electron chi connectivity index (χ1n) is 4.34. The fourth-order valence-corrected chi connectivity index (χ4v) is 1.13. The van der Waals surface area contributed by atoms with E-state index in [0.717, 1.165) is 0 Å². The Balaban J connectivity index is 2.27. The molecule has 1 heterocycles. The summed E-state index contributed by atoms with van der Waals surface area (Å²) in [4.78, 5) is 23.7. The quantitative estimate of drug-likeness (QED) is 0.552. The Kier molecular flexibility index (Phi) is 3.95. The predicted molar refractivity (Wildman–Crippen MR) is 49.2 cm³/mol. The molecule has 0 bridgehead atoms. The molecule has 1 saturated heterocycles. The van der Waals surface area contributed by atoms with Crippen LogP contribution >= 0.6 is 0 Å². The van der Waals surface area contributed by atoms with Gasteiger partial charge in [0.2, 0.25) is 5.91 Å². The van der Waals surface area contributed by atoms with Gasteiger partial charge in [0.1, 0.15) is 0 Å². The maximum Gasteiger partial charge on any atom is 0.296 e. The van der Waals surface area contributed by atoms with E-state index in [1.54, 1.807) is 4.90 Å². The maximum atomic E-state index is 11.4. The van der Waals surface area contributed by atoms with Crippen LogP contribution in [0.3, 0.4) is 0 Å². The lowest BCUT2D eigenvalue weighted by atomic mass is 10.4. The van der Waals surface area contributed by atoms with E-state index in [0.29, 0.717) is 26.3 Å². The molecule has 0 saturated carbocycles. The molecule has 0 radical (unpaired) electrons. The molecule has 1 rings (SSSR count). The molecule has 14 heavy (non-hydrogen) atoms. The predicted octanol–water partition coefficient (Wildman–Crippen LogP) is -1.41. The SMILES string of the molecule is C#CC(=O)NCC(=O)N1CCOCC1. The third-order valence-electron chi connectivity index (χ3n) is 1.90. The molecule has 0 unspecified atom stereocenters. The zero-order valence-electron chi connectivity index (χ0n) is 7.78. The van der Waals surface area contributed by atoms with Gasteiger partial charge >= 0.3 is 0 Å². The topological polar surface area (TPSA) is 58.6 Å². The van der Waals surface area contributed by atoms with Crippen LogP contribution < -0.4 is 5.32 Å². The molecule has 0 aromatic heterocycles. The van der Waals surface area contributed by atoms with Gasteiger partial charge in [0, 0.05) is 13.1 Å². The Morgan fingerprint density at radius 3 is 2.64 bits per heavy atom. The summed E-state index contributed by atoms with van der Waals surface area (Å²) >= 11 is 0. The van der Waals surface area contributed by atoms with Crippen LogP contribution in [0.4, 0.5) is 0 Å². The minimum atomic E-state index is -0.563. The van der Waals surface area contributed by atoms with Crippen LogP contribution in [-0.4, -0.2) is 49.6 Å². The summed E-state index contributed by atoms with van der Waals surface area (Å²) in [7, 11) is 0. The molecule has 5 nitrogen and oxygen atoms in total. The second kappa shape index (κ2) is 5.25. The van der Waals surface area contributed by atoms with Crippen LogP contribution in [-0.2, 0) is 14.3 Å². The Morgan fingerprint density at radius 1 is 1.43 bits per heavy atom. The number of ether oxygens (including phenoxy) is 1. The highest BCUT2D eigenvalue weighted by Crippen LogP contribution is 1.96. The lowest BCUT2D eigenvalue weighted by Gasteiger charge is -2.26. The van der Waals surface area contributed by atoms with Crippen molar-refractivity contribution in [1.82, 2.24) is 10.2 Å². The summed E-state index contributed by atoms with van der Waals surface area (Å²) in [6.07, 6.45) is 4.83. The van der Waals surface area contributed by atoms with E-state index in [2.05, 4.69) is 5.32 Å². The summed E-state index contributed by atoms with van der Waals surface area (Å²) in [5.74, 6) is 1.19. The van der Waals surface area contributed by atoms with Crippen molar-refractivity contribution in [2.45, 2.75) is 0 Å². The van der Waals surface area contributed by atoms with E-state index < -0.39 is 5.91 Å². The summed E-state index contributed by atoms with van der Waals surface area (Å²) < 4.78 is 5.08. The van der Waals surface area contributed by atoms with Crippen molar-refractivity contribution in [1.29, 1.82) is 0 Å². The van der Waals surface area contributed by atoms with Crippen molar-refractivity contribution in [3.05, 3.63) is 0 Å². The van der Waals surface area contributed by atoms with Gasteiger partial charge in [-0.15, -0.1) is 6.42 Å². The van der Waals surface area contributed by atoms with Crippen LogP contribution in [0, 0.1) is 12.3 Å². The van der Waals surface area contributed by atoms with Crippen LogP contribution in [0.5, 0.6) is 0 Å². The molecule has 1 aliphatic heterocycles. The third-order valence-corrected chi connectivity index (χ3v) is 1.90. The number of nitrogens with zero attached hydrogens (tertiary/aromatic N) is 1. The Hall–Kier alpha value is -1.54. The van der Waals surface area contributed by atoms with Gasteiger partial charge in [-0.1, -0.05) is 0 Å². The molecule has 0 aromatic rings. The number of terminal acetylenes is 1. The first-order chi connectivity index (χ1) is 6.74. The molecule has 0 aliphatic carbocycles. The van der Waals surface area contributed by atoms with E-state index in [9.17, 15) is 9.59 Å². The van der Waals surface area contributed by atoms with Crippen molar-refractivity contribution in [3.8, 4) is 12.3 Å². The molecule has 1 N–H and O–H groups in total. The van der Waals surface area contributed by atoms with Gasteiger partial charge in [-0.2, -0.15) is 0 Å². The van der Waals surface area contributed by atoms with Gasteiger partial charge in [0.05, 0.1) is 19.8 Å². The maximum absolute atomic E-state index is 11.4. The number of hydrogen-bond donors (Lipinski definition) is 1. The lowest BCUT2D eigenvalue weighted by molar-refractivity contribution is -0.135. The van der Waals surface area contributed by atoms with Crippen molar-refractivity contribution in [2.75, 3.05) is 32.8 Å². The molecule has 2 amide bonds. The highest BCUT2D eigenvalue weighted by molar-refractivity contribution is 5.95. The normalized spacial score (nSPS) is 15.8. The molecule has 0 aromatic carbocycles. The zero-order chi connectivity index (χ0) is 10.4. The minimum Gasteiger partial charge on any atom is -0.378 e. The first-order valence-corrected chi connectivity index (χ1v) is 4.34. The van der Waals surface area contributed by atoms with Gasteiger partial charge in [0.15, 0.2) is 0 Å². The van der Waals surface area contributed by atoms with E-state index in [1.165, 1.54) is 0 Å². The van der Waals surface area contributed by atoms with Gasteiger partial charge in [0.25, 0.3) is 5.91 Å². The zero-order valence-corrected chi connectivity index (χ0v) is 7.78. The average Bonchev–Trinajstić information content (AvgIpc) is 2.26. The standard InChI is InChI=1S/C9H12N2O3/c1-2-8(12)10-7-9(13)11-3-5-14-6-4-11/h1H,3-7H2,(H,10,12). The fraction of sp³-hybridized carbons (Fsp3) is 0.556. The molecular weight excluding hydrogens is 184 g/mol. The molecule has 0 spiro atoms. The summed E-state index contributed by atoms with van der Waals surface area (Å²) in [6, 6.07) is 0. The van der Waals surface area contributed by atoms with Crippen LogP contribution in [0.2, 0.25) is 0 Å². The number of rotatable bonds is 2. The molecule has 5 heteroatoms. The van der Waals surface area contributed by atoms with Gasteiger partial charge in [-0.05, 0) is 5.92 Å².